The zero-order valence-corrected chi connectivity index (χ0v) is 15.8. The second-order valence-electron chi connectivity index (χ2n) is 7.38. The van der Waals surface area contributed by atoms with Gasteiger partial charge in [-0.05, 0) is 30.5 Å². The first-order valence-corrected chi connectivity index (χ1v) is 10.1. The van der Waals surface area contributed by atoms with Crippen molar-refractivity contribution in [2.75, 3.05) is 5.75 Å². The second kappa shape index (κ2) is 5.68. The molecule has 1 fully saturated rings. The molecule has 1 N–H and O–H groups in total. The van der Waals surface area contributed by atoms with Crippen LogP contribution in [0.3, 0.4) is 0 Å². The van der Waals surface area contributed by atoms with Gasteiger partial charge in [0.15, 0.2) is 21.4 Å². The SMILES string of the molecule is CC1CC(C)(C)C(=O)C(=C(O)c2ccc3c(c2Cl)CCS3(=O)=O)C1=O. The Labute approximate surface area is 151 Å². The van der Waals surface area contributed by atoms with Crippen LogP contribution in [0.4, 0.5) is 0 Å². The fraction of sp³-hybridized carbons (Fsp3) is 0.444. The van der Waals surface area contributed by atoms with Crippen molar-refractivity contribution >= 4 is 38.8 Å². The molecule has 1 heterocycles. The van der Waals surface area contributed by atoms with Crippen LogP contribution in [0.25, 0.3) is 5.76 Å². The molecular weight excluding hydrogens is 364 g/mol. The fourth-order valence-corrected chi connectivity index (χ4v) is 5.62. The molecule has 1 saturated carbocycles. The van der Waals surface area contributed by atoms with E-state index in [1.807, 2.05) is 0 Å². The Kier molecular flexibility index (Phi) is 4.12. The number of ketones is 2. The van der Waals surface area contributed by atoms with E-state index >= 15 is 0 Å². The highest BCUT2D eigenvalue weighted by atomic mass is 35.5. The lowest BCUT2D eigenvalue weighted by atomic mass is 9.68. The standard InChI is InChI=1S/C18H19ClO5S/c1-9-8-18(2,3)17(22)13(15(9)20)16(21)11-4-5-12-10(14(11)19)6-7-25(12,23)24/h4-5,9,21H,6-8H2,1-3H3. The van der Waals surface area contributed by atoms with Gasteiger partial charge in [0.25, 0.3) is 0 Å². The maximum absolute atomic E-state index is 12.7. The van der Waals surface area contributed by atoms with Gasteiger partial charge in [0, 0.05) is 16.9 Å². The van der Waals surface area contributed by atoms with E-state index in [2.05, 4.69) is 0 Å². The van der Waals surface area contributed by atoms with Crippen LogP contribution in [-0.2, 0) is 25.8 Å². The Morgan fingerprint density at radius 3 is 2.56 bits per heavy atom. The van der Waals surface area contributed by atoms with Crippen molar-refractivity contribution in [2.45, 2.75) is 38.5 Å². The van der Waals surface area contributed by atoms with E-state index in [0.717, 1.165) is 0 Å². The monoisotopic (exact) mass is 382 g/mol. The van der Waals surface area contributed by atoms with Gasteiger partial charge in [-0.3, -0.25) is 9.59 Å². The number of sulfone groups is 1. The van der Waals surface area contributed by atoms with Gasteiger partial charge in [0.1, 0.15) is 11.3 Å². The van der Waals surface area contributed by atoms with Crippen LogP contribution >= 0.6 is 11.6 Å². The van der Waals surface area contributed by atoms with E-state index in [4.69, 9.17) is 11.6 Å². The minimum Gasteiger partial charge on any atom is -0.506 e. The molecule has 1 aromatic carbocycles. The van der Waals surface area contributed by atoms with Crippen LogP contribution in [0, 0.1) is 11.3 Å². The summed E-state index contributed by atoms with van der Waals surface area (Å²) >= 11 is 6.32. The predicted octanol–water partition coefficient (Wildman–Crippen LogP) is 3.14. The number of Topliss-reactive ketones (excluding diaryl/α,β-unsaturated/α-hetero) is 2. The number of halogens is 1. The zero-order valence-electron chi connectivity index (χ0n) is 14.2. The van der Waals surface area contributed by atoms with Gasteiger partial charge in [-0.2, -0.15) is 0 Å². The van der Waals surface area contributed by atoms with Crippen molar-refractivity contribution in [1.82, 2.24) is 0 Å². The molecule has 134 valence electrons. The molecule has 0 saturated heterocycles. The summed E-state index contributed by atoms with van der Waals surface area (Å²) in [5, 5.41) is 10.8. The number of carbonyl (C=O) groups excluding carboxylic acids is 2. The average Bonchev–Trinajstić information content (AvgIpc) is 2.82. The number of carbonyl (C=O) groups is 2. The van der Waals surface area contributed by atoms with E-state index < -0.39 is 38.5 Å². The molecule has 1 unspecified atom stereocenters. The second-order valence-corrected chi connectivity index (χ2v) is 9.83. The number of aliphatic hydroxyl groups is 1. The summed E-state index contributed by atoms with van der Waals surface area (Å²) in [6.07, 6.45) is 0.661. The molecule has 1 atom stereocenters. The Balaban J connectivity index is 2.21. The van der Waals surface area contributed by atoms with Gasteiger partial charge in [-0.15, -0.1) is 0 Å². The number of fused-ring (bicyclic) bond motifs is 1. The summed E-state index contributed by atoms with van der Waals surface area (Å²) in [6.45, 7) is 5.20. The molecule has 3 rings (SSSR count). The zero-order chi connectivity index (χ0) is 18.7. The highest BCUT2D eigenvalue weighted by Crippen LogP contribution is 2.41. The Bertz CT molecular complexity index is 940. The molecule has 0 radical (unpaired) electrons. The maximum atomic E-state index is 12.7. The summed E-state index contributed by atoms with van der Waals surface area (Å²) in [5.74, 6) is -1.72. The summed E-state index contributed by atoms with van der Waals surface area (Å²) in [6, 6.07) is 2.74. The van der Waals surface area contributed by atoms with Crippen molar-refractivity contribution in [3.8, 4) is 0 Å². The summed E-state index contributed by atoms with van der Waals surface area (Å²) < 4.78 is 24.0. The third-order valence-electron chi connectivity index (χ3n) is 5.00. The molecule has 0 spiro atoms. The molecule has 1 aliphatic carbocycles. The number of hydrogen-bond acceptors (Lipinski definition) is 5. The molecule has 1 aromatic rings. The minimum absolute atomic E-state index is 0.0369. The molecular formula is C18H19ClO5S. The third kappa shape index (κ3) is 2.72. The van der Waals surface area contributed by atoms with E-state index in [1.165, 1.54) is 12.1 Å². The van der Waals surface area contributed by atoms with Gasteiger partial charge in [-0.25, -0.2) is 8.42 Å². The lowest BCUT2D eigenvalue weighted by Gasteiger charge is -2.33. The molecule has 0 amide bonds. The van der Waals surface area contributed by atoms with Gasteiger partial charge in [0.2, 0.25) is 0 Å². The molecule has 0 bridgehead atoms. The minimum atomic E-state index is -3.36. The normalized spacial score (nSPS) is 26.5. The Morgan fingerprint density at radius 2 is 1.92 bits per heavy atom. The molecule has 1 aliphatic heterocycles. The number of rotatable bonds is 1. The van der Waals surface area contributed by atoms with Crippen LogP contribution in [0.5, 0.6) is 0 Å². The van der Waals surface area contributed by atoms with Crippen molar-refractivity contribution in [3.05, 3.63) is 33.9 Å². The molecule has 0 aromatic heterocycles. The maximum Gasteiger partial charge on any atom is 0.179 e. The third-order valence-corrected chi connectivity index (χ3v) is 7.23. The van der Waals surface area contributed by atoms with Crippen molar-refractivity contribution in [2.24, 2.45) is 11.3 Å². The average molecular weight is 383 g/mol. The highest BCUT2D eigenvalue weighted by Gasteiger charge is 2.44. The summed E-state index contributed by atoms with van der Waals surface area (Å²) in [4.78, 5) is 25.3. The molecule has 7 heteroatoms. The summed E-state index contributed by atoms with van der Waals surface area (Å²) in [5.41, 5.74) is -0.455. The summed E-state index contributed by atoms with van der Waals surface area (Å²) in [7, 11) is -3.36. The molecule has 2 aliphatic rings. The largest absolute Gasteiger partial charge is 0.506 e. The smallest absolute Gasteiger partial charge is 0.179 e. The highest BCUT2D eigenvalue weighted by molar-refractivity contribution is 7.91. The van der Waals surface area contributed by atoms with E-state index in [1.54, 1.807) is 20.8 Å². The van der Waals surface area contributed by atoms with E-state index in [0.29, 0.717) is 12.0 Å². The first-order chi connectivity index (χ1) is 11.5. The first kappa shape index (κ1) is 18.1. The van der Waals surface area contributed by atoms with Gasteiger partial charge in [0.05, 0.1) is 15.7 Å². The fourth-order valence-electron chi connectivity index (χ4n) is 3.66. The number of allylic oxidation sites excluding steroid dienone is 1. The van der Waals surface area contributed by atoms with Crippen molar-refractivity contribution < 1.29 is 23.1 Å². The van der Waals surface area contributed by atoms with Crippen LogP contribution in [0.2, 0.25) is 5.02 Å². The number of hydrogen-bond donors (Lipinski definition) is 1. The molecule has 5 nitrogen and oxygen atoms in total. The quantitative estimate of drug-likeness (QED) is 0.458. The number of benzene rings is 1. The Hall–Kier alpha value is -1.66. The lowest BCUT2D eigenvalue weighted by Crippen LogP contribution is -2.40. The van der Waals surface area contributed by atoms with Crippen LogP contribution in [0.15, 0.2) is 22.6 Å². The van der Waals surface area contributed by atoms with Crippen LogP contribution in [-0.4, -0.2) is 30.8 Å². The van der Waals surface area contributed by atoms with Gasteiger partial charge < -0.3 is 5.11 Å². The van der Waals surface area contributed by atoms with E-state index in [-0.39, 0.29) is 33.2 Å². The molecule has 25 heavy (non-hydrogen) atoms. The van der Waals surface area contributed by atoms with Crippen LogP contribution < -0.4 is 0 Å². The number of aliphatic hydroxyl groups excluding tert-OH is 1. The van der Waals surface area contributed by atoms with Crippen LogP contribution in [0.1, 0.15) is 38.3 Å². The van der Waals surface area contributed by atoms with Gasteiger partial charge >= 0.3 is 0 Å². The van der Waals surface area contributed by atoms with Gasteiger partial charge in [-0.1, -0.05) is 32.4 Å². The van der Waals surface area contributed by atoms with Crippen molar-refractivity contribution in [1.29, 1.82) is 0 Å². The predicted molar refractivity (Wildman–Crippen MR) is 94.3 cm³/mol. The lowest BCUT2D eigenvalue weighted by molar-refractivity contribution is -0.133. The van der Waals surface area contributed by atoms with Crippen molar-refractivity contribution in [3.63, 3.8) is 0 Å². The Morgan fingerprint density at radius 1 is 1.28 bits per heavy atom. The van der Waals surface area contributed by atoms with E-state index in [9.17, 15) is 23.1 Å². The topological polar surface area (TPSA) is 88.5 Å². The first-order valence-electron chi connectivity index (χ1n) is 8.04.